The van der Waals surface area contributed by atoms with Gasteiger partial charge in [-0.3, -0.25) is 9.36 Å². The van der Waals surface area contributed by atoms with Crippen LogP contribution in [0.2, 0.25) is 0 Å². The van der Waals surface area contributed by atoms with Gasteiger partial charge in [0.15, 0.2) is 5.78 Å². The maximum Gasteiger partial charge on any atom is 0.323 e. The largest absolute Gasteiger partial charge is 0.351 e. The lowest BCUT2D eigenvalue weighted by Crippen LogP contribution is -2.43. The van der Waals surface area contributed by atoms with E-state index in [4.69, 9.17) is 11.5 Å². The second-order valence-electron chi connectivity index (χ2n) is 9.05. The topological polar surface area (TPSA) is 123 Å². The highest BCUT2D eigenvalue weighted by Crippen LogP contribution is 2.50. The summed E-state index contributed by atoms with van der Waals surface area (Å²) in [5.74, 6) is 0.781. The van der Waals surface area contributed by atoms with Crippen molar-refractivity contribution in [3.05, 3.63) is 66.4 Å². The molecule has 5 rings (SSSR count). The summed E-state index contributed by atoms with van der Waals surface area (Å²) in [6.45, 7) is 0.309. The van der Waals surface area contributed by atoms with Crippen LogP contribution in [0, 0.1) is 5.92 Å². The van der Waals surface area contributed by atoms with Gasteiger partial charge in [-0.1, -0.05) is 48.5 Å². The number of carbonyl (C=O) groups excluding carboxylic acids is 3. The fraction of sp³-hybridized carbons (Fsp3) is 0.320. The van der Waals surface area contributed by atoms with Crippen LogP contribution in [0.25, 0.3) is 10.9 Å². The minimum atomic E-state index is -0.639. The van der Waals surface area contributed by atoms with E-state index < -0.39 is 18.1 Å². The first-order chi connectivity index (χ1) is 15.9. The van der Waals surface area contributed by atoms with E-state index in [0.717, 1.165) is 6.42 Å². The molecule has 8 nitrogen and oxygen atoms in total. The number of nitrogens with one attached hydrogen (secondary N) is 1. The Bertz CT molecular complexity index is 1220. The molecular weight excluding hydrogens is 418 g/mol. The molecule has 2 aliphatic rings. The van der Waals surface area contributed by atoms with Crippen molar-refractivity contribution in [2.24, 2.45) is 17.4 Å². The number of aromatic nitrogens is 1. The molecule has 8 heteroatoms. The number of Topliss-reactive ketones (excluding diaryl/α,β-unsaturated/α-hetero) is 1. The van der Waals surface area contributed by atoms with Gasteiger partial charge in [-0.05, 0) is 36.3 Å². The molecule has 0 radical (unpaired) electrons. The number of primary amides is 1. The number of nitrogens with zero attached hydrogens (tertiary/aromatic N) is 2. The molecule has 5 N–H and O–H groups in total. The van der Waals surface area contributed by atoms with Crippen LogP contribution in [0.3, 0.4) is 0 Å². The molecule has 170 valence electrons. The molecule has 1 saturated carbocycles. The van der Waals surface area contributed by atoms with E-state index in [0.29, 0.717) is 47.8 Å². The molecule has 3 aromatic rings. The minimum Gasteiger partial charge on any atom is -0.351 e. The SMILES string of the molecule is NC(=O)n1cc(NC(=O)N2C[C@@H](N)C[C@H]2C(=O)C[C@@H]2C[C@H]2c2ccccc2)c2ccccc21. The molecule has 1 saturated heterocycles. The molecule has 2 fully saturated rings. The van der Waals surface area contributed by atoms with Crippen LogP contribution in [0.5, 0.6) is 0 Å². The predicted molar refractivity (Wildman–Crippen MR) is 126 cm³/mol. The summed E-state index contributed by atoms with van der Waals surface area (Å²) in [4.78, 5) is 39.6. The van der Waals surface area contributed by atoms with Gasteiger partial charge in [0.05, 0.1) is 17.2 Å². The summed E-state index contributed by atoms with van der Waals surface area (Å²) in [7, 11) is 0. The van der Waals surface area contributed by atoms with E-state index in [9.17, 15) is 14.4 Å². The first-order valence-electron chi connectivity index (χ1n) is 11.2. The van der Waals surface area contributed by atoms with Crippen molar-refractivity contribution in [3.8, 4) is 0 Å². The number of likely N-dealkylation sites (tertiary alicyclic amines) is 1. The van der Waals surface area contributed by atoms with Crippen LogP contribution in [0.4, 0.5) is 15.3 Å². The van der Waals surface area contributed by atoms with Crippen molar-refractivity contribution in [1.29, 1.82) is 0 Å². The maximum absolute atomic E-state index is 13.2. The van der Waals surface area contributed by atoms with E-state index in [2.05, 4.69) is 17.4 Å². The number of ketones is 1. The zero-order valence-electron chi connectivity index (χ0n) is 18.2. The van der Waals surface area contributed by atoms with Gasteiger partial charge in [-0.15, -0.1) is 0 Å². The third-order valence-electron chi connectivity index (χ3n) is 6.77. The number of hydrogen-bond donors (Lipinski definition) is 3. The number of urea groups is 1. The second-order valence-corrected chi connectivity index (χ2v) is 9.05. The number of fused-ring (bicyclic) bond motifs is 1. The monoisotopic (exact) mass is 445 g/mol. The maximum atomic E-state index is 13.2. The van der Waals surface area contributed by atoms with Gasteiger partial charge < -0.3 is 21.7 Å². The quantitative estimate of drug-likeness (QED) is 0.558. The second kappa shape index (κ2) is 8.37. The van der Waals surface area contributed by atoms with Gasteiger partial charge in [-0.2, -0.15) is 0 Å². The molecule has 4 atom stereocenters. The van der Waals surface area contributed by atoms with Crippen molar-refractivity contribution in [2.75, 3.05) is 11.9 Å². The fourth-order valence-corrected chi connectivity index (χ4v) is 5.02. The van der Waals surface area contributed by atoms with Crippen molar-refractivity contribution in [1.82, 2.24) is 9.47 Å². The zero-order valence-corrected chi connectivity index (χ0v) is 18.2. The number of para-hydroxylation sites is 1. The lowest BCUT2D eigenvalue weighted by molar-refractivity contribution is -0.122. The number of rotatable bonds is 5. The molecule has 33 heavy (non-hydrogen) atoms. The van der Waals surface area contributed by atoms with Gasteiger partial charge in [0.2, 0.25) is 0 Å². The molecular formula is C25H27N5O3. The summed E-state index contributed by atoms with van der Waals surface area (Å²) in [5.41, 5.74) is 13.9. The van der Waals surface area contributed by atoms with Crippen molar-refractivity contribution < 1.29 is 14.4 Å². The molecule has 1 aromatic heterocycles. The van der Waals surface area contributed by atoms with Crippen LogP contribution in [0.1, 0.15) is 30.7 Å². The Kier molecular flexibility index (Phi) is 5.38. The summed E-state index contributed by atoms with van der Waals surface area (Å²) in [5, 5.41) is 3.56. The molecule has 0 bridgehead atoms. The van der Waals surface area contributed by atoms with Crippen LogP contribution >= 0.6 is 0 Å². The minimum absolute atomic E-state index is 0.0566. The van der Waals surface area contributed by atoms with E-state index in [1.165, 1.54) is 21.2 Å². The third kappa shape index (κ3) is 4.09. The molecule has 1 aliphatic carbocycles. The van der Waals surface area contributed by atoms with Crippen molar-refractivity contribution >= 4 is 34.4 Å². The van der Waals surface area contributed by atoms with E-state index >= 15 is 0 Å². The van der Waals surface area contributed by atoms with Crippen LogP contribution in [-0.2, 0) is 4.79 Å². The predicted octanol–water partition coefficient (Wildman–Crippen LogP) is 3.26. The highest BCUT2D eigenvalue weighted by molar-refractivity contribution is 6.05. The Morgan fingerprint density at radius 2 is 1.73 bits per heavy atom. The Morgan fingerprint density at radius 1 is 1.00 bits per heavy atom. The Balaban J connectivity index is 1.29. The number of anilines is 1. The molecule has 3 amide bonds. The molecule has 0 unspecified atom stereocenters. The third-order valence-corrected chi connectivity index (χ3v) is 6.77. The fourth-order valence-electron chi connectivity index (χ4n) is 5.02. The number of nitrogens with two attached hydrogens (primary N) is 2. The lowest BCUT2D eigenvalue weighted by Gasteiger charge is -2.24. The standard InChI is InChI=1S/C25H27N5O3/c26-17-12-22(23(31)11-16-10-19(16)15-6-2-1-3-7-15)30(13-17)25(33)28-20-14-29(24(27)32)21-9-5-4-8-18(20)21/h1-9,14,16-17,19,22H,10-13,26H2,(H2,27,32)(H,28,33)/t16-,17-,19-,22-/m0/s1. The van der Waals surface area contributed by atoms with Gasteiger partial charge in [0, 0.05) is 30.6 Å². The first kappa shape index (κ1) is 21.2. The van der Waals surface area contributed by atoms with Gasteiger partial charge in [-0.25, -0.2) is 9.59 Å². The van der Waals surface area contributed by atoms with Crippen LogP contribution in [-0.4, -0.2) is 45.9 Å². The first-order valence-corrected chi connectivity index (χ1v) is 11.2. The normalized spacial score (nSPS) is 24.1. The van der Waals surface area contributed by atoms with Gasteiger partial charge in [0.1, 0.15) is 0 Å². The molecule has 2 aromatic carbocycles. The van der Waals surface area contributed by atoms with E-state index in [1.807, 2.05) is 24.3 Å². The summed E-state index contributed by atoms with van der Waals surface area (Å²) in [6.07, 6.45) is 3.40. The average Bonchev–Trinajstić information content (AvgIpc) is 3.30. The lowest BCUT2D eigenvalue weighted by atomic mass is 10.0. The Morgan fingerprint density at radius 3 is 2.48 bits per heavy atom. The number of carbonyl (C=O) groups is 3. The highest BCUT2D eigenvalue weighted by Gasteiger charge is 2.44. The molecule has 2 heterocycles. The smallest absolute Gasteiger partial charge is 0.323 e. The molecule has 1 aliphatic heterocycles. The van der Waals surface area contributed by atoms with E-state index in [1.54, 1.807) is 18.2 Å². The van der Waals surface area contributed by atoms with Crippen LogP contribution < -0.4 is 16.8 Å². The van der Waals surface area contributed by atoms with Crippen molar-refractivity contribution in [3.63, 3.8) is 0 Å². The summed E-state index contributed by atoms with van der Waals surface area (Å²) >= 11 is 0. The Hall–Kier alpha value is -3.65. The number of amides is 3. The summed E-state index contributed by atoms with van der Waals surface area (Å²) in [6, 6.07) is 15.6. The number of hydrogen-bond acceptors (Lipinski definition) is 4. The van der Waals surface area contributed by atoms with Crippen molar-refractivity contribution in [2.45, 2.75) is 37.3 Å². The van der Waals surface area contributed by atoms with Crippen LogP contribution in [0.15, 0.2) is 60.8 Å². The Labute approximate surface area is 191 Å². The summed E-state index contributed by atoms with van der Waals surface area (Å²) < 4.78 is 1.29. The highest BCUT2D eigenvalue weighted by atomic mass is 16.2. The van der Waals surface area contributed by atoms with E-state index in [-0.39, 0.29) is 11.8 Å². The average molecular weight is 446 g/mol. The number of benzene rings is 2. The zero-order chi connectivity index (χ0) is 23.1. The van der Waals surface area contributed by atoms with Gasteiger partial charge in [0.25, 0.3) is 0 Å². The molecule has 0 spiro atoms. The van der Waals surface area contributed by atoms with Gasteiger partial charge >= 0.3 is 12.1 Å².